The molecule has 0 atom stereocenters. The van der Waals surface area contributed by atoms with Crippen LogP contribution in [-0.4, -0.2) is 20.9 Å². The Kier molecular flexibility index (Phi) is 5.80. The number of sulfonamides is 1. The molecule has 0 unspecified atom stereocenters. The van der Waals surface area contributed by atoms with E-state index < -0.39 is 22.5 Å². The number of anilines is 1. The third-order valence-corrected chi connectivity index (χ3v) is 5.92. The lowest BCUT2D eigenvalue weighted by Crippen LogP contribution is -2.40. The fourth-order valence-electron chi connectivity index (χ4n) is 2.63. The lowest BCUT2D eigenvalue weighted by Gasteiger charge is -2.23. The number of rotatable bonds is 6. The highest BCUT2D eigenvalue weighted by molar-refractivity contribution is 7.93. The van der Waals surface area contributed by atoms with Crippen molar-refractivity contribution in [3.05, 3.63) is 90.0 Å². The van der Waals surface area contributed by atoms with Gasteiger partial charge in [-0.05, 0) is 50.2 Å². The van der Waals surface area contributed by atoms with Crippen LogP contribution in [0.4, 0.5) is 5.69 Å². The summed E-state index contributed by atoms with van der Waals surface area (Å²) in [5, 5.41) is 0. The summed E-state index contributed by atoms with van der Waals surface area (Å²) in [6.45, 7) is 3.41. The molecule has 28 heavy (non-hydrogen) atoms. The van der Waals surface area contributed by atoms with Crippen LogP contribution in [-0.2, 0) is 14.8 Å². The largest absolute Gasteiger partial charge is 0.484 e. The predicted molar refractivity (Wildman–Crippen MR) is 109 cm³/mol. The van der Waals surface area contributed by atoms with E-state index in [9.17, 15) is 13.2 Å². The molecule has 0 heterocycles. The first-order valence-corrected chi connectivity index (χ1v) is 10.2. The van der Waals surface area contributed by atoms with Crippen LogP contribution in [0.15, 0.2) is 83.8 Å². The van der Waals surface area contributed by atoms with Crippen molar-refractivity contribution in [1.82, 2.24) is 0 Å². The van der Waals surface area contributed by atoms with Crippen molar-refractivity contribution >= 4 is 21.6 Å². The second-order valence-electron chi connectivity index (χ2n) is 6.41. The van der Waals surface area contributed by atoms with Gasteiger partial charge in [0, 0.05) is 0 Å². The molecule has 5 nitrogen and oxygen atoms in total. The van der Waals surface area contributed by atoms with Crippen molar-refractivity contribution in [3.63, 3.8) is 0 Å². The van der Waals surface area contributed by atoms with Crippen molar-refractivity contribution in [3.8, 4) is 5.75 Å². The first kappa shape index (κ1) is 19.6. The molecule has 0 bridgehead atoms. The van der Waals surface area contributed by atoms with Gasteiger partial charge >= 0.3 is 0 Å². The molecular formula is C22H21NO4S. The molecule has 144 valence electrons. The molecule has 3 aromatic rings. The van der Waals surface area contributed by atoms with Crippen molar-refractivity contribution in [2.45, 2.75) is 18.7 Å². The van der Waals surface area contributed by atoms with Crippen LogP contribution in [0.5, 0.6) is 5.75 Å². The zero-order chi connectivity index (χ0) is 20.1. The topological polar surface area (TPSA) is 63.7 Å². The smallest absolute Gasteiger partial charge is 0.278 e. The molecule has 0 aliphatic heterocycles. The maximum atomic E-state index is 13.2. The van der Waals surface area contributed by atoms with Crippen LogP contribution in [0.3, 0.4) is 0 Å². The number of hydrogen-bond donors (Lipinski definition) is 0. The van der Waals surface area contributed by atoms with Crippen LogP contribution in [0.1, 0.15) is 11.1 Å². The van der Waals surface area contributed by atoms with Gasteiger partial charge in [-0.15, -0.1) is 0 Å². The first-order valence-electron chi connectivity index (χ1n) is 8.77. The zero-order valence-corrected chi connectivity index (χ0v) is 16.5. The quantitative estimate of drug-likeness (QED) is 0.630. The third-order valence-electron chi connectivity index (χ3n) is 4.16. The minimum Gasteiger partial charge on any atom is -0.484 e. The van der Waals surface area contributed by atoms with Crippen LogP contribution in [0.2, 0.25) is 0 Å². The molecule has 0 N–H and O–H groups in total. The van der Waals surface area contributed by atoms with Gasteiger partial charge in [0.2, 0.25) is 0 Å². The van der Waals surface area contributed by atoms with Gasteiger partial charge in [-0.2, -0.15) is 4.31 Å². The highest BCUT2D eigenvalue weighted by Crippen LogP contribution is 2.24. The van der Waals surface area contributed by atoms with Gasteiger partial charge in [0.25, 0.3) is 15.9 Å². The highest BCUT2D eigenvalue weighted by Gasteiger charge is 2.31. The molecule has 1 amide bonds. The standard InChI is InChI=1S/C22H21NO4S/c1-17-8-12-20(13-9-17)27-16-22(24)23(19-6-4-3-5-7-19)28(25,26)21-14-10-18(2)11-15-21/h3-15H,16H2,1-2H3. The Morgan fingerprint density at radius 3 is 1.93 bits per heavy atom. The Bertz CT molecular complexity index is 1040. The van der Waals surface area contributed by atoms with Crippen molar-refractivity contribution < 1.29 is 17.9 Å². The van der Waals surface area contributed by atoms with Crippen molar-refractivity contribution in [2.75, 3.05) is 10.9 Å². The number of benzene rings is 3. The Labute approximate surface area is 165 Å². The molecule has 6 heteroatoms. The average Bonchev–Trinajstić information content (AvgIpc) is 2.69. The summed E-state index contributed by atoms with van der Waals surface area (Å²) in [7, 11) is -4.08. The zero-order valence-electron chi connectivity index (χ0n) is 15.7. The molecule has 0 spiro atoms. The number of carbonyl (C=O) groups is 1. The summed E-state index contributed by atoms with van der Waals surface area (Å²) in [5.41, 5.74) is 2.26. The Hall–Kier alpha value is -3.12. The Balaban J connectivity index is 1.91. The molecule has 0 radical (unpaired) electrons. The van der Waals surface area contributed by atoms with Gasteiger partial charge in [0.15, 0.2) is 6.61 Å². The molecule has 0 aliphatic rings. The van der Waals surface area contributed by atoms with E-state index in [1.807, 2.05) is 26.0 Å². The Morgan fingerprint density at radius 1 is 0.821 bits per heavy atom. The summed E-state index contributed by atoms with van der Waals surface area (Å²) in [4.78, 5) is 12.9. The van der Waals surface area contributed by atoms with E-state index in [0.29, 0.717) is 5.75 Å². The van der Waals surface area contributed by atoms with Crippen LogP contribution in [0.25, 0.3) is 0 Å². The summed E-state index contributed by atoms with van der Waals surface area (Å²) in [6.07, 6.45) is 0. The van der Waals surface area contributed by atoms with Crippen LogP contribution >= 0.6 is 0 Å². The molecule has 0 fully saturated rings. The van der Waals surface area contributed by atoms with Crippen molar-refractivity contribution in [2.24, 2.45) is 0 Å². The van der Waals surface area contributed by atoms with E-state index in [1.165, 1.54) is 12.1 Å². The maximum absolute atomic E-state index is 13.2. The fraction of sp³-hybridized carbons (Fsp3) is 0.136. The number of hydrogen-bond acceptors (Lipinski definition) is 4. The summed E-state index contributed by atoms with van der Waals surface area (Å²) >= 11 is 0. The summed E-state index contributed by atoms with van der Waals surface area (Å²) in [6, 6.07) is 21.9. The molecule has 3 aromatic carbocycles. The second-order valence-corrected chi connectivity index (χ2v) is 8.20. The van der Waals surface area contributed by atoms with Gasteiger partial charge in [0.05, 0.1) is 10.6 Å². The fourth-order valence-corrected chi connectivity index (χ4v) is 4.04. The van der Waals surface area contributed by atoms with Gasteiger partial charge in [-0.25, -0.2) is 8.42 Å². The van der Waals surface area contributed by atoms with E-state index in [4.69, 9.17) is 4.74 Å². The molecule has 0 saturated heterocycles. The van der Waals surface area contributed by atoms with Gasteiger partial charge in [-0.3, -0.25) is 4.79 Å². The monoisotopic (exact) mass is 395 g/mol. The molecular weight excluding hydrogens is 374 g/mol. The lowest BCUT2D eigenvalue weighted by molar-refractivity contribution is -0.119. The predicted octanol–water partition coefficient (Wildman–Crippen LogP) is 4.10. The number of nitrogens with zero attached hydrogens (tertiary/aromatic N) is 1. The summed E-state index contributed by atoms with van der Waals surface area (Å²) in [5.74, 6) is -0.174. The van der Waals surface area contributed by atoms with Gasteiger partial charge in [-0.1, -0.05) is 53.6 Å². The van der Waals surface area contributed by atoms with E-state index in [0.717, 1.165) is 15.4 Å². The average molecular weight is 395 g/mol. The van der Waals surface area contributed by atoms with E-state index in [1.54, 1.807) is 54.6 Å². The third kappa shape index (κ3) is 4.40. The first-order chi connectivity index (χ1) is 13.4. The molecule has 3 rings (SSSR count). The number of carbonyl (C=O) groups excluding carboxylic acids is 1. The normalized spacial score (nSPS) is 11.1. The van der Waals surface area contributed by atoms with Crippen LogP contribution in [0, 0.1) is 13.8 Å². The molecule has 0 aliphatic carbocycles. The molecule has 0 saturated carbocycles. The van der Waals surface area contributed by atoms with Gasteiger partial charge in [0.1, 0.15) is 5.75 Å². The summed E-state index contributed by atoms with van der Waals surface area (Å²) < 4.78 is 32.7. The van der Waals surface area contributed by atoms with E-state index >= 15 is 0 Å². The Morgan fingerprint density at radius 2 is 1.36 bits per heavy atom. The highest BCUT2D eigenvalue weighted by atomic mass is 32.2. The van der Waals surface area contributed by atoms with E-state index in [-0.39, 0.29) is 10.6 Å². The number of para-hydroxylation sites is 1. The van der Waals surface area contributed by atoms with Crippen LogP contribution < -0.4 is 9.04 Å². The second kappa shape index (κ2) is 8.27. The SMILES string of the molecule is Cc1ccc(OCC(=O)N(c2ccccc2)S(=O)(=O)c2ccc(C)cc2)cc1. The lowest BCUT2D eigenvalue weighted by atomic mass is 10.2. The minimum absolute atomic E-state index is 0.0469. The van der Waals surface area contributed by atoms with Gasteiger partial charge < -0.3 is 4.74 Å². The molecule has 0 aromatic heterocycles. The van der Waals surface area contributed by atoms with E-state index in [2.05, 4.69) is 0 Å². The number of amides is 1. The number of aryl methyl sites for hydroxylation is 2. The minimum atomic E-state index is -4.08. The van der Waals surface area contributed by atoms with Crippen molar-refractivity contribution in [1.29, 1.82) is 0 Å². The maximum Gasteiger partial charge on any atom is 0.278 e. The number of ether oxygens (including phenoxy) is 1.